The minimum Gasteiger partial charge on any atom is -0.382 e. The molecule has 0 saturated heterocycles. The molecule has 1 aromatic rings. The SMILES string of the molecule is CN(C)C(=O)c1ccc(NC2CCCC(C)(C)C2)cc1. The van der Waals surface area contributed by atoms with Crippen LogP contribution in [0.1, 0.15) is 49.9 Å². The third-order valence-electron chi connectivity index (χ3n) is 4.11. The molecule has 1 aliphatic carbocycles. The predicted octanol–water partition coefficient (Wildman–Crippen LogP) is 3.77. The van der Waals surface area contributed by atoms with E-state index in [-0.39, 0.29) is 5.91 Å². The van der Waals surface area contributed by atoms with Crippen LogP contribution < -0.4 is 5.32 Å². The first-order valence-corrected chi connectivity index (χ1v) is 7.46. The number of hydrogen-bond acceptors (Lipinski definition) is 2. The zero-order chi connectivity index (χ0) is 14.8. The van der Waals surface area contributed by atoms with Crippen LogP contribution in [0.2, 0.25) is 0 Å². The lowest BCUT2D eigenvalue weighted by Gasteiger charge is -2.36. The van der Waals surface area contributed by atoms with E-state index in [0.29, 0.717) is 11.5 Å². The van der Waals surface area contributed by atoms with E-state index in [2.05, 4.69) is 19.2 Å². The molecule has 1 amide bonds. The molecule has 1 aromatic carbocycles. The van der Waals surface area contributed by atoms with E-state index in [0.717, 1.165) is 11.3 Å². The van der Waals surface area contributed by atoms with Gasteiger partial charge in [0.1, 0.15) is 0 Å². The number of carbonyl (C=O) groups excluding carboxylic acids is 1. The molecule has 2 rings (SSSR count). The summed E-state index contributed by atoms with van der Waals surface area (Å²) in [6, 6.07) is 8.38. The molecule has 1 atom stereocenters. The van der Waals surface area contributed by atoms with Crippen LogP contribution in [0.5, 0.6) is 0 Å². The smallest absolute Gasteiger partial charge is 0.253 e. The van der Waals surface area contributed by atoms with Gasteiger partial charge >= 0.3 is 0 Å². The maximum absolute atomic E-state index is 11.8. The molecule has 0 spiro atoms. The summed E-state index contributed by atoms with van der Waals surface area (Å²) in [5.41, 5.74) is 2.30. The summed E-state index contributed by atoms with van der Waals surface area (Å²) in [7, 11) is 3.55. The van der Waals surface area contributed by atoms with Crippen molar-refractivity contribution < 1.29 is 4.79 Å². The lowest BCUT2D eigenvalue weighted by molar-refractivity contribution is 0.0827. The third-order valence-corrected chi connectivity index (χ3v) is 4.11. The topological polar surface area (TPSA) is 32.3 Å². The summed E-state index contributed by atoms with van der Waals surface area (Å²) >= 11 is 0. The van der Waals surface area contributed by atoms with Crippen molar-refractivity contribution in [1.82, 2.24) is 4.90 Å². The van der Waals surface area contributed by atoms with Crippen molar-refractivity contribution in [1.29, 1.82) is 0 Å². The molecule has 1 N–H and O–H groups in total. The van der Waals surface area contributed by atoms with Gasteiger partial charge in [-0.05, 0) is 48.9 Å². The van der Waals surface area contributed by atoms with E-state index in [1.807, 2.05) is 24.3 Å². The number of nitrogens with one attached hydrogen (secondary N) is 1. The van der Waals surface area contributed by atoms with Crippen molar-refractivity contribution >= 4 is 11.6 Å². The first kappa shape index (κ1) is 14.9. The average molecular weight is 274 g/mol. The van der Waals surface area contributed by atoms with Crippen LogP contribution in [0.15, 0.2) is 24.3 Å². The Balaban J connectivity index is 1.99. The van der Waals surface area contributed by atoms with Crippen LogP contribution in [-0.4, -0.2) is 30.9 Å². The molecule has 0 heterocycles. The largest absolute Gasteiger partial charge is 0.382 e. The quantitative estimate of drug-likeness (QED) is 0.910. The predicted molar refractivity (Wildman–Crippen MR) is 84.1 cm³/mol. The van der Waals surface area contributed by atoms with Gasteiger partial charge in [0.05, 0.1) is 0 Å². The van der Waals surface area contributed by atoms with Crippen LogP contribution >= 0.6 is 0 Å². The minimum absolute atomic E-state index is 0.0512. The van der Waals surface area contributed by atoms with Crippen molar-refractivity contribution in [2.45, 2.75) is 45.6 Å². The van der Waals surface area contributed by atoms with E-state index in [4.69, 9.17) is 0 Å². The molecule has 0 aliphatic heterocycles. The van der Waals surface area contributed by atoms with Crippen LogP contribution in [0.25, 0.3) is 0 Å². The summed E-state index contributed by atoms with van der Waals surface area (Å²) in [5, 5.41) is 3.61. The second-order valence-corrected chi connectivity index (χ2v) is 6.88. The first-order valence-electron chi connectivity index (χ1n) is 7.46. The Labute approximate surface area is 122 Å². The van der Waals surface area contributed by atoms with E-state index >= 15 is 0 Å². The summed E-state index contributed by atoms with van der Waals surface area (Å²) in [4.78, 5) is 13.4. The Hall–Kier alpha value is -1.51. The van der Waals surface area contributed by atoms with Gasteiger partial charge in [-0.1, -0.05) is 20.3 Å². The number of anilines is 1. The Kier molecular flexibility index (Phi) is 4.36. The second kappa shape index (κ2) is 5.86. The number of benzene rings is 1. The van der Waals surface area contributed by atoms with Gasteiger partial charge in [0.25, 0.3) is 5.91 Å². The molecule has 1 unspecified atom stereocenters. The molecule has 0 radical (unpaired) electrons. The van der Waals surface area contributed by atoms with Crippen molar-refractivity contribution in [2.75, 3.05) is 19.4 Å². The zero-order valence-electron chi connectivity index (χ0n) is 13.1. The fourth-order valence-electron chi connectivity index (χ4n) is 3.02. The van der Waals surface area contributed by atoms with E-state index in [9.17, 15) is 4.79 Å². The molecule has 20 heavy (non-hydrogen) atoms. The molecule has 1 saturated carbocycles. The van der Waals surface area contributed by atoms with Gasteiger partial charge in [-0.2, -0.15) is 0 Å². The average Bonchev–Trinajstić information content (AvgIpc) is 2.37. The maximum Gasteiger partial charge on any atom is 0.253 e. The lowest BCUT2D eigenvalue weighted by Crippen LogP contribution is -2.31. The van der Waals surface area contributed by atoms with E-state index < -0.39 is 0 Å². The van der Waals surface area contributed by atoms with Gasteiger partial charge in [-0.3, -0.25) is 4.79 Å². The minimum atomic E-state index is 0.0512. The Morgan fingerprint density at radius 3 is 2.45 bits per heavy atom. The summed E-state index contributed by atoms with van der Waals surface area (Å²) in [6.07, 6.45) is 5.07. The number of nitrogens with zero attached hydrogens (tertiary/aromatic N) is 1. The molecule has 0 aromatic heterocycles. The van der Waals surface area contributed by atoms with Crippen molar-refractivity contribution in [3.63, 3.8) is 0 Å². The summed E-state index contributed by atoms with van der Waals surface area (Å²) < 4.78 is 0. The fourth-order valence-corrected chi connectivity index (χ4v) is 3.02. The highest BCUT2D eigenvalue weighted by atomic mass is 16.2. The van der Waals surface area contributed by atoms with Gasteiger partial charge in [0, 0.05) is 31.4 Å². The number of hydrogen-bond donors (Lipinski definition) is 1. The molecular weight excluding hydrogens is 248 g/mol. The van der Waals surface area contributed by atoms with Crippen molar-refractivity contribution in [3.05, 3.63) is 29.8 Å². The van der Waals surface area contributed by atoms with Crippen LogP contribution in [-0.2, 0) is 0 Å². The van der Waals surface area contributed by atoms with Crippen molar-refractivity contribution in [2.24, 2.45) is 5.41 Å². The molecule has 1 fully saturated rings. The highest BCUT2D eigenvalue weighted by molar-refractivity contribution is 5.94. The maximum atomic E-state index is 11.8. The lowest BCUT2D eigenvalue weighted by atomic mass is 9.75. The molecular formula is C17H26N2O. The number of carbonyl (C=O) groups is 1. The molecule has 1 aliphatic rings. The Morgan fingerprint density at radius 1 is 1.25 bits per heavy atom. The van der Waals surface area contributed by atoms with E-state index in [1.54, 1.807) is 19.0 Å². The molecule has 0 bridgehead atoms. The van der Waals surface area contributed by atoms with Crippen LogP contribution in [0, 0.1) is 5.41 Å². The Morgan fingerprint density at radius 2 is 1.90 bits per heavy atom. The number of amides is 1. The highest BCUT2D eigenvalue weighted by Crippen LogP contribution is 2.36. The van der Waals surface area contributed by atoms with E-state index in [1.165, 1.54) is 25.7 Å². The second-order valence-electron chi connectivity index (χ2n) is 6.88. The van der Waals surface area contributed by atoms with Gasteiger partial charge in [0.15, 0.2) is 0 Å². The molecule has 110 valence electrons. The monoisotopic (exact) mass is 274 g/mol. The summed E-state index contributed by atoms with van der Waals surface area (Å²) in [6.45, 7) is 4.69. The third kappa shape index (κ3) is 3.75. The molecule has 3 nitrogen and oxygen atoms in total. The fraction of sp³-hybridized carbons (Fsp3) is 0.588. The van der Waals surface area contributed by atoms with Gasteiger partial charge in [-0.15, -0.1) is 0 Å². The first-order chi connectivity index (χ1) is 9.37. The van der Waals surface area contributed by atoms with Gasteiger partial charge < -0.3 is 10.2 Å². The summed E-state index contributed by atoms with van der Waals surface area (Å²) in [5.74, 6) is 0.0512. The zero-order valence-corrected chi connectivity index (χ0v) is 13.1. The van der Waals surface area contributed by atoms with Gasteiger partial charge in [0.2, 0.25) is 0 Å². The van der Waals surface area contributed by atoms with Crippen molar-refractivity contribution in [3.8, 4) is 0 Å². The normalized spacial score (nSPS) is 21.3. The van der Waals surface area contributed by atoms with Crippen LogP contribution in [0.3, 0.4) is 0 Å². The highest BCUT2D eigenvalue weighted by Gasteiger charge is 2.27. The number of rotatable bonds is 3. The molecule has 3 heteroatoms. The van der Waals surface area contributed by atoms with Crippen LogP contribution in [0.4, 0.5) is 5.69 Å². The van der Waals surface area contributed by atoms with Gasteiger partial charge in [-0.25, -0.2) is 0 Å². The Bertz CT molecular complexity index is 462. The standard InChI is InChI=1S/C17H26N2O/c1-17(2)11-5-6-15(12-17)18-14-9-7-13(8-10-14)16(20)19(3)4/h7-10,15,18H,5-6,11-12H2,1-4H3.